The van der Waals surface area contributed by atoms with Gasteiger partial charge in [-0.3, -0.25) is 9.59 Å². The van der Waals surface area contributed by atoms with Gasteiger partial charge in [0, 0.05) is 25.1 Å². The molecule has 0 saturated carbocycles. The third-order valence-corrected chi connectivity index (χ3v) is 7.40. The number of rotatable bonds is 5. The summed E-state index contributed by atoms with van der Waals surface area (Å²) in [6.07, 6.45) is -2.14. The fourth-order valence-corrected chi connectivity index (χ4v) is 5.36. The second-order valence-electron chi connectivity index (χ2n) is 7.88. The van der Waals surface area contributed by atoms with E-state index >= 15 is 0 Å². The van der Waals surface area contributed by atoms with Gasteiger partial charge in [0.05, 0.1) is 21.8 Å². The fourth-order valence-electron chi connectivity index (χ4n) is 3.66. The Morgan fingerprint density at radius 2 is 1.67 bits per heavy atom. The Labute approximate surface area is 190 Å². The summed E-state index contributed by atoms with van der Waals surface area (Å²) in [5.74, 6) is -1.28. The van der Waals surface area contributed by atoms with Gasteiger partial charge in [0.25, 0.3) is 5.91 Å². The lowest BCUT2D eigenvalue weighted by molar-refractivity contribution is -0.137. The summed E-state index contributed by atoms with van der Waals surface area (Å²) < 4.78 is 66.6. The van der Waals surface area contributed by atoms with Gasteiger partial charge < -0.3 is 10.6 Å². The molecule has 0 spiro atoms. The first-order valence-corrected chi connectivity index (χ1v) is 11.8. The van der Waals surface area contributed by atoms with E-state index in [4.69, 9.17) is 0 Å². The molecule has 1 heterocycles. The number of carbonyl (C=O) groups is 2. The van der Waals surface area contributed by atoms with Crippen LogP contribution in [-0.2, 0) is 21.0 Å². The van der Waals surface area contributed by atoms with Crippen molar-refractivity contribution in [1.82, 2.24) is 4.31 Å². The molecule has 33 heavy (non-hydrogen) atoms. The van der Waals surface area contributed by atoms with Crippen molar-refractivity contribution in [3.8, 4) is 0 Å². The number of amides is 2. The zero-order chi connectivity index (χ0) is 24.4. The summed E-state index contributed by atoms with van der Waals surface area (Å²) in [5, 5.41) is 4.73. The number of sulfonamides is 1. The van der Waals surface area contributed by atoms with E-state index in [1.165, 1.54) is 35.5 Å². The van der Waals surface area contributed by atoms with Crippen molar-refractivity contribution in [2.45, 2.75) is 50.2 Å². The Morgan fingerprint density at radius 3 is 2.24 bits per heavy atom. The zero-order valence-electron chi connectivity index (χ0n) is 18.1. The van der Waals surface area contributed by atoms with E-state index in [1.807, 2.05) is 6.92 Å². The second kappa shape index (κ2) is 9.52. The van der Waals surface area contributed by atoms with E-state index in [0.717, 1.165) is 37.5 Å². The SMILES string of the molecule is CC(=O)Nc1ccc(C(F)(F)F)cc1NC(=O)c1ccc(S(=O)(=O)N2CCCCC2C)cc1. The van der Waals surface area contributed by atoms with E-state index in [-0.39, 0.29) is 27.9 Å². The van der Waals surface area contributed by atoms with Crippen LogP contribution in [0, 0.1) is 0 Å². The van der Waals surface area contributed by atoms with Crippen molar-refractivity contribution in [2.75, 3.05) is 17.2 Å². The molecule has 178 valence electrons. The number of piperidine rings is 1. The van der Waals surface area contributed by atoms with Crippen LogP contribution in [0.5, 0.6) is 0 Å². The predicted octanol–water partition coefficient (Wildman–Crippen LogP) is 4.48. The first-order valence-electron chi connectivity index (χ1n) is 10.3. The minimum absolute atomic E-state index is 0.00198. The van der Waals surface area contributed by atoms with Gasteiger partial charge in [-0.05, 0) is 62.2 Å². The molecular weight excluding hydrogens is 459 g/mol. The number of halogens is 3. The number of benzene rings is 2. The smallest absolute Gasteiger partial charge is 0.325 e. The first kappa shape index (κ1) is 24.7. The minimum atomic E-state index is -4.64. The highest BCUT2D eigenvalue weighted by molar-refractivity contribution is 7.89. The van der Waals surface area contributed by atoms with Gasteiger partial charge in [0.15, 0.2) is 0 Å². The van der Waals surface area contributed by atoms with E-state index < -0.39 is 33.6 Å². The molecule has 0 radical (unpaired) electrons. The Morgan fingerprint density at radius 1 is 1.00 bits per heavy atom. The van der Waals surface area contributed by atoms with Crippen LogP contribution in [0.3, 0.4) is 0 Å². The van der Waals surface area contributed by atoms with Gasteiger partial charge in [-0.15, -0.1) is 0 Å². The number of nitrogens with one attached hydrogen (secondary N) is 2. The number of hydrogen-bond donors (Lipinski definition) is 2. The van der Waals surface area contributed by atoms with Gasteiger partial charge in [-0.1, -0.05) is 6.42 Å². The standard InChI is InChI=1S/C22H24F3N3O4S/c1-14-5-3-4-12-28(14)33(31,32)18-9-6-16(7-10-18)21(30)27-20-13-17(22(23,24)25)8-11-19(20)26-15(2)29/h6-11,13-14H,3-5,12H2,1-2H3,(H,26,29)(H,27,30). The predicted molar refractivity (Wildman–Crippen MR) is 117 cm³/mol. The molecule has 2 amide bonds. The number of nitrogens with zero attached hydrogens (tertiary/aromatic N) is 1. The van der Waals surface area contributed by atoms with E-state index in [2.05, 4.69) is 10.6 Å². The fraction of sp³-hybridized carbons (Fsp3) is 0.364. The molecule has 7 nitrogen and oxygen atoms in total. The van der Waals surface area contributed by atoms with E-state index in [1.54, 1.807) is 0 Å². The summed E-state index contributed by atoms with van der Waals surface area (Å²) in [5.41, 5.74) is -1.18. The Bertz CT molecular complexity index is 1150. The van der Waals surface area contributed by atoms with Gasteiger partial charge >= 0.3 is 6.18 Å². The van der Waals surface area contributed by atoms with Crippen LogP contribution in [0.15, 0.2) is 47.4 Å². The molecule has 1 atom stereocenters. The molecule has 1 aliphatic rings. The van der Waals surface area contributed by atoms with Crippen LogP contribution >= 0.6 is 0 Å². The Balaban J connectivity index is 1.84. The highest BCUT2D eigenvalue weighted by Crippen LogP contribution is 2.34. The summed E-state index contributed by atoms with van der Waals surface area (Å²) in [6, 6.07) is 7.63. The van der Waals surface area contributed by atoms with E-state index in [0.29, 0.717) is 6.54 Å². The largest absolute Gasteiger partial charge is 0.416 e. The number of hydrogen-bond acceptors (Lipinski definition) is 4. The van der Waals surface area contributed by atoms with Crippen molar-refractivity contribution in [2.24, 2.45) is 0 Å². The number of alkyl halides is 3. The highest BCUT2D eigenvalue weighted by atomic mass is 32.2. The van der Waals surface area contributed by atoms with Crippen LogP contribution in [0.1, 0.15) is 49.0 Å². The molecule has 0 aromatic heterocycles. The quantitative estimate of drug-likeness (QED) is 0.656. The first-order chi connectivity index (χ1) is 15.4. The van der Waals surface area contributed by atoms with Crippen LogP contribution in [0.4, 0.5) is 24.5 Å². The van der Waals surface area contributed by atoms with Crippen LogP contribution < -0.4 is 10.6 Å². The number of carbonyl (C=O) groups excluding carboxylic acids is 2. The molecule has 0 bridgehead atoms. The minimum Gasteiger partial charge on any atom is -0.325 e. The maximum atomic E-state index is 13.1. The summed E-state index contributed by atoms with van der Waals surface area (Å²) in [7, 11) is -3.73. The van der Waals surface area contributed by atoms with Crippen molar-refractivity contribution in [3.05, 3.63) is 53.6 Å². The van der Waals surface area contributed by atoms with Crippen LogP contribution in [0.25, 0.3) is 0 Å². The van der Waals surface area contributed by atoms with Gasteiger partial charge in [-0.2, -0.15) is 17.5 Å². The average Bonchev–Trinajstić information content (AvgIpc) is 2.74. The van der Waals surface area contributed by atoms with Gasteiger partial charge in [0.1, 0.15) is 0 Å². The lowest BCUT2D eigenvalue weighted by atomic mass is 10.1. The summed E-state index contributed by atoms with van der Waals surface area (Å²) in [6.45, 7) is 3.46. The average molecular weight is 484 g/mol. The number of anilines is 2. The van der Waals surface area contributed by atoms with Crippen molar-refractivity contribution < 1.29 is 31.2 Å². The van der Waals surface area contributed by atoms with Crippen molar-refractivity contribution in [1.29, 1.82) is 0 Å². The lowest BCUT2D eigenvalue weighted by Crippen LogP contribution is -2.41. The van der Waals surface area contributed by atoms with Crippen LogP contribution in [-0.4, -0.2) is 37.1 Å². The zero-order valence-corrected chi connectivity index (χ0v) is 18.9. The maximum absolute atomic E-state index is 13.1. The molecule has 2 aromatic carbocycles. The van der Waals surface area contributed by atoms with Crippen molar-refractivity contribution in [3.63, 3.8) is 0 Å². The third-order valence-electron chi connectivity index (χ3n) is 5.37. The lowest BCUT2D eigenvalue weighted by Gasteiger charge is -2.32. The van der Waals surface area contributed by atoms with Crippen LogP contribution in [0.2, 0.25) is 0 Å². The molecule has 2 N–H and O–H groups in total. The molecule has 2 aromatic rings. The second-order valence-corrected chi connectivity index (χ2v) is 9.77. The molecule has 0 aliphatic carbocycles. The summed E-state index contributed by atoms with van der Waals surface area (Å²) >= 11 is 0. The highest BCUT2D eigenvalue weighted by Gasteiger charge is 2.32. The monoisotopic (exact) mass is 483 g/mol. The molecule has 1 aliphatic heterocycles. The molecule has 11 heteroatoms. The molecule has 3 rings (SSSR count). The molecule has 1 unspecified atom stereocenters. The molecule has 1 fully saturated rings. The molecular formula is C22H24F3N3O4S. The summed E-state index contributed by atoms with van der Waals surface area (Å²) in [4.78, 5) is 24.1. The van der Waals surface area contributed by atoms with E-state index in [9.17, 15) is 31.2 Å². The van der Waals surface area contributed by atoms with Crippen molar-refractivity contribution >= 4 is 33.2 Å². The Kier molecular flexibility index (Phi) is 7.13. The Hall–Kier alpha value is -2.92. The molecule has 1 saturated heterocycles. The normalized spacial score (nSPS) is 17.4. The maximum Gasteiger partial charge on any atom is 0.416 e. The topological polar surface area (TPSA) is 95.6 Å². The van der Waals surface area contributed by atoms with Gasteiger partial charge in [-0.25, -0.2) is 8.42 Å². The third kappa shape index (κ3) is 5.72. The van der Waals surface area contributed by atoms with Gasteiger partial charge in [0.2, 0.25) is 15.9 Å².